The number of ether oxygens (including phenoxy) is 1. The predicted octanol–water partition coefficient (Wildman–Crippen LogP) is 3.73. The summed E-state index contributed by atoms with van der Waals surface area (Å²) in [6.45, 7) is 2.86. The lowest BCUT2D eigenvalue weighted by Gasteiger charge is -2.43. The van der Waals surface area contributed by atoms with Crippen LogP contribution >= 0.6 is 11.3 Å². The lowest BCUT2D eigenvalue weighted by atomic mass is 9.86. The topological polar surface area (TPSA) is 54.5 Å². The third-order valence-electron chi connectivity index (χ3n) is 4.84. The maximum atomic E-state index is 14.0. The SMILES string of the molecule is O=C(Nc1ncsc1-c1cccc(F)c1F)O[C@H]1CN2CCC1CC2. The number of anilines is 1. The molecule has 0 radical (unpaired) electrons. The third-order valence-corrected chi connectivity index (χ3v) is 5.70. The summed E-state index contributed by atoms with van der Waals surface area (Å²) in [6.07, 6.45) is 1.33. The molecule has 1 aromatic heterocycles. The van der Waals surface area contributed by atoms with Gasteiger partial charge in [-0.3, -0.25) is 10.2 Å². The minimum absolute atomic E-state index is 0.0700. The van der Waals surface area contributed by atoms with Crippen molar-refractivity contribution in [3.05, 3.63) is 35.3 Å². The molecular weight excluding hydrogens is 348 g/mol. The predicted molar refractivity (Wildman–Crippen MR) is 90.5 cm³/mol. The van der Waals surface area contributed by atoms with Crippen LogP contribution in [0.4, 0.5) is 19.4 Å². The lowest BCUT2D eigenvalue weighted by Crippen LogP contribution is -2.52. The molecule has 132 valence electrons. The third kappa shape index (κ3) is 3.23. The molecule has 3 fully saturated rings. The van der Waals surface area contributed by atoms with E-state index >= 15 is 0 Å². The molecule has 2 bridgehead atoms. The first kappa shape index (κ1) is 16.4. The number of carbonyl (C=O) groups is 1. The zero-order valence-corrected chi connectivity index (χ0v) is 14.2. The van der Waals surface area contributed by atoms with Crippen LogP contribution in [0.5, 0.6) is 0 Å². The smallest absolute Gasteiger partial charge is 0.413 e. The number of piperidine rings is 3. The summed E-state index contributed by atoms with van der Waals surface area (Å²) in [5.41, 5.74) is 1.55. The van der Waals surface area contributed by atoms with E-state index in [4.69, 9.17) is 4.74 Å². The summed E-state index contributed by atoms with van der Waals surface area (Å²) in [5.74, 6) is -1.32. The molecule has 0 unspecified atom stereocenters. The number of amides is 1. The average Bonchev–Trinajstić information content (AvgIpc) is 3.06. The molecule has 3 saturated heterocycles. The number of benzene rings is 1. The van der Waals surface area contributed by atoms with Crippen LogP contribution in [-0.4, -0.2) is 41.7 Å². The lowest BCUT2D eigenvalue weighted by molar-refractivity contribution is -0.0290. The van der Waals surface area contributed by atoms with Gasteiger partial charge >= 0.3 is 6.09 Å². The zero-order chi connectivity index (χ0) is 17.4. The number of aromatic nitrogens is 1. The molecule has 0 spiro atoms. The summed E-state index contributed by atoms with van der Waals surface area (Å²) in [5, 5.41) is 2.57. The van der Waals surface area contributed by atoms with Gasteiger partial charge in [-0.25, -0.2) is 18.6 Å². The number of halogens is 2. The summed E-state index contributed by atoms with van der Waals surface area (Å²) >= 11 is 1.13. The number of fused-ring (bicyclic) bond motifs is 3. The van der Waals surface area contributed by atoms with E-state index in [9.17, 15) is 13.6 Å². The average molecular weight is 365 g/mol. The molecule has 8 heteroatoms. The number of hydrogen-bond donors (Lipinski definition) is 1. The van der Waals surface area contributed by atoms with Crippen LogP contribution in [0.15, 0.2) is 23.7 Å². The van der Waals surface area contributed by atoms with Crippen molar-refractivity contribution in [2.24, 2.45) is 5.92 Å². The van der Waals surface area contributed by atoms with Gasteiger partial charge < -0.3 is 4.74 Å². The van der Waals surface area contributed by atoms with Crippen molar-refractivity contribution in [2.45, 2.75) is 18.9 Å². The van der Waals surface area contributed by atoms with E-state index in [2.05, 4.69) is 15.2 Å². The molecular formula is C17H17F2N3O2S. The molecule has 0 saturated carbocycles. The van der Waals surface area contributed by atoms with E-state index in [-0.39, 0.29) is 17.5 Å². The second-order valence-corrected chi connectivity index (χ2v) is 7.19. The number of thiazole rings is 1. The van der Waals surface area contributed by atoms with Crippen LogP contribution in [0.3, 0.4) is 0 Å². The van der Waals surface area contributed by atoms with Crippen molar-refractivity contribution in [2.75, 3.05) is 25.0 Å². The Morgan fingerprint density at radius 2 is 2.12 bits per heavy atom. The molecule has 3 aliphatic rings. The summed E-state index contributed by atoms with van der Waals surface area (Å²) < 4.78 is 33.0. The van der Waals surface area contributed by atoms with Crippen molar-refractivity contribution in [3.8, 4) is 10.4 Å². The van der Waals surface area contributed by atoms with E-state index in [0.29, 0.717) is 10.8 Å². The molecule has 2 aromatic rings. The number of hydrogen-bond acceptors (Lipinski definition) is 5. The van der Waals surface area contributed by atoms with Crippen molar-refractivity contribution < 1.29 is 18.3 Å². The fraction of sp³-hybridized carbons (Fsp3) is 0.412. The van der Waals surface area contributed by atoms with Gasteiger partial charge in [0.15, 0.2) is 17.5 Å². The van der Waals surface area contributed by atoms with Crippen LogP contribution in [0, 0.1) is 17.6 Å². The largest absolute Gasteiger partial charge is 0.444 e. The zero-order valence-electron chi connectivity index (χ0n) is 13.4. The molecule has 1 atom stereocenters. The van der Waals surface area contributed by atoms with Gasteiger partial charge in [-0.2, -0.15) is 0 Å². The van der Waals surface area contributed by atoms with Crippen molar-refractivity contribution >= 4 is 23.2 Å². The Labute approximate surface area is 147 Å². The molecule has 3 aliphatic heterocycles. The first-order valence-electron chi connectivity index (χ1n) is 8.19. The van der Waals surface area contributed by atoms with E-state index in [1.165, 1.54) is 17.6 Å². The minimum Gasteiger partial charge on any atom is -0.444 e. The molecule has 1 amide bonds. The highest BCUT2D eigenvalue weighted by atomic mass is 32.1. The Bertz CT molecular complexity index is 790. The van der Waals surface area contributed by atoms with Gasteiger partial charge in [0.05, 0.1) is 10.4 Å². The highest BCUT2D eigenvalue weighted by Gasteiger charge is 2.36. The van der Waals surface area contributed by atoms with Gasteiger partial charge in [0.2, 0.25) is 0 Å². The van der Waals surface area contributed by atoms with E-state index in [0.717, 1.165) is 49.9 Å². The van der Waals surface area contributed by atoms with Gasteiger partial charge in [0, 0.05) is 12.1 Å². The fourth-order valence-corrected chi connectivity index (χ4v) is 4.28. The summed E-state index contributed by atoms with van der Waals surface area (Å²) in [6, 6.07) is 3.92. The fourth-order valence-electron chi connectivity index (χ4n) is 3.51. The van der Waals surface area contributed by atoms with Crippen molar-refractivity contribution in [1.82, 2.24) is 9.88 Å². The number of rotatable bonds is 3. The first-order valence-corrected chi connectivity index (χ1v) is 9.07. The van der Waals surface area contributed by atoms with Crippen LogP contribution in [0.25, 0.3) is 10.4 Å². The number of carbonyl (C=O) groups excluding carboxylic acids is 1. The van der Waals surface area contributed by atoms with E-state index in [1.807, 2.05) is 0 Å². The molecule has 1 N–H and O–H groups in total. The Kier molecular flexibility index (Phi) is 4.39. The molecule has 1 aromatic carbocycles. The summed E-state index contributed by atoms with van der Waals surface area (Å²) in [7, 11) is 0. The number of nitrogens with zero attached hydrogens (tertiary/aromatic N) is 2. The molecule has 0 aliphatic carbocycles. The monoisotopic (exact) mass is 365 g/mol. The van der Waals surface area contributed by atoms with Gasteiger partial charge in [-0.15, -0.1) is 11.3 Å². The van der Waals surface area contributed by atoms with Crippen LogP contribution < -0.4 is 5.32 Å². The molecule has 5 nitrogen and oxygen atoms in total. The van der Waals surface area contributed by atoms with Crippen molar-refractivity contribution in [1.29, 1.82) is 0 Å². The van der Waals surface area contributed by atoms with Gasteiger partial charge in [0.25, 0.3) is 0 Å². The van der Waals surface area contributed by atoms with E-state index < -0.39 is 17.7 Å². The summed E-state index contributed by atoms with van der Waals surface area (Å²) in [4.78, 5) is 18.9. The second-order valence-electron chi connectivity index (χ2n) is 6.34. The standard InChI is InChI=1S/C17H17F2N3O2S/c18-12-3-1-2-11(14(12)19)15-16(20-9-25-15)21-17(23)24-13-8-22-6-4-10(13)5-7-22/h1-3,9-10,13H,4-8H2,(H,21,23)/t13-/m0/s1. The highest BCUT2D eigenvalue weighted by molar-refractivity contribution is 7.13. The first-order chi connectivity index (χ1) is 12.1. The Hall–Kier alpha value is -2.06. The van der Waals surface area contributed by atoms with Crippen molar-refractivity contribution in [3.63, 3.8) is 0 Å². The minimum atomic E-state index is -0.958. The van der Waals surface area contributed by atoms with Crippen LogP contribution in [0.2, 0.25) is 0 Å². The Morgan fingerprint density at radius 3 is 2.84 bits per heavy atom. The number of nitrogens with one attached hydrogen (secondary N) is 1. The van der Waals surface area contributed by atoms with Crippen LogP contribution in [0.1, 0.15) is 12.8 Å². The Balaban J connectivity index is 1.48. The maximum absolute atomic E-state index is 14.0. The van der Waals surface area contributed by atoms with Gasteiger partial charge in [-0.1, -0.05) is 12.1 Å². The quantitative estimate of drug-likeness (QED) is 0.901. The maximum Gasteiger partial charge on any atom is 0.413 e. The normalized spacial score (nSPS) is 25.0. The molecule has 5 rings (SSSR count). The highest BCUT2D eigenvalue weighted by Crippen LogP contribution is 2.34. The van der Waals surface area contributed by atoms with Gasteiger partial charge in [0.1, 0.15) is 6.10 Å². The van der Waals surface area contributed by atoms with E-state index in [1.54, 1.807) is 0 Å². The van der Waals surface area contributed by atoms with Gasteiger partial charge in [-0.05, 0) is 37.9 Å². The molecule has 4 heterocycles. The van der Waals surface area contributed by atoms with Crippen LogP contribution in [-0.2, 0) is 4.74 Å². The second kappa shape index (κ2) is 6.68. The Morgan fingerprint density at radius 1 is 1.32 bits per heavy atom. The molecule has 25 heavy (non-hydrogen) atoms.